The number of urea groups is 1. The minimum absolute atomic E-state index is 0.0163. The van der Waals surface area contributed by atoms with E-state index in [4.69, 9.17) is 0 Å². The lowest BCUT2D eigenvalue weighted by molar-refractivity contribution is 0.212. The van der Waals surface area contributed by atoms with Crippen LogP contribution in [0.5, 0.6) is 0 Å². The smallest absolute Gasteiger partial charge is 0.315 e. The van der Waals surface area contributed by atoms with Crippen molar-refractivity contribution in [2.75, 3.05) is 13.2 Å². The Bertz CT molecular complexity index is 440. The molecule has 108 valence electrons. The van der Waals surface area contributed by atoms with Crippen LogP contribution in [-0.2, 0) is 6.42 Å². The third kappa shape index (κ3) is 4.66. The third-order valence-corrected chi connectivity index (χ3v) is 3.38. The summed E-state index contributed by atoms with van der Waals surface area (Å²) < 4.78 is 0. The summed E-state index contributed by atoms with van der Waals surface area (Å²) in [5, 5.41) is 15.1. The fourth-order valence-corrected chi connectivity index (χ4v) is 2.22. The molecule has 2 amide bonds. The first-order valence-electron chi connectivity index (χ1n) is 6.98. The van der Waals surface area contributed by atoms with E-state index in [1.54, 1.807) is 6.20 Å². The van der Waals surface area contributed by atoms with Gasteiger partial charge in [0.2, 0.25) is 0 Å². The van der Waals surface area contributed by atoms with E-state index in [1.807, 2.05) is 18.2 Å². The lowest BCUT2D eigenvalue weighted by atomic mass is 10.0. The molecule has 5 nitrogen and oxygen atoms in total. The van der Waals surface area contributed by atoms with Gasteiger partial charge in [-0.25, -0.2) is 4.79 Å². The quantitative estimate of drug-likeness (QED) is 0.684. The summed E-state index contributed by atoms with van der Waals surface area (Å²) in [6.45, 7) is 0.473. The van der Waals surface area contributed by atoms with Crippen LogP contribution in [0.3, 0.4) is 0 Å². The highest BCUT2D eigenvalue weighted by molar-refractivity contribution is 5.74. The number of carbonyl (C=O) groups is 1. The topological polar surface area (TPSA) is 74.2 Å². The average molecular weight is 275 g/mol. The van der Waals surface area contributed by atoms with E-state index >= 15 is 0 Å². The van der Waals surface area contributed by atoms with E-state index in [0.29, 0.717) is 13.0 Å². The van der Waals surface area contributed by atoms with Gasteiger partial charge in [0, 0.05) is 37.0 Å². The number of hydrogen-bond acceptors (Lipinski definition) is 3. The zero-order chi connectivity index (χ0) is 14.2. The zero-order valence-electron chi connectivity index (χ0n) is 11.5. The lowest BCUT2D eigenvalue weighted by Crippen LogP contribution is -2.43. The van der Waals surface area contributed by atoms with Crippen molar-refractivity contribution in [2.45, 2.75) is 25.3 Å². The second-order valence-electron chi connectivity index (χ2n) is 5.07. The Morgan fingerprint density at radius 1 is 1.40 bits per heavy atom. The van der Waals surface area contributed by atoms with Crippen LogP contribution in [0.25, 0.3) is 0 Å². The molecule has 0 saturated heterocycles. The second-order valence-corrected chi connectivity index (χ2v) is 5.07. The summed E-state index contributed by atoms with van der Waals surface area (Å²) in [6.07, 6.45) is 8.32. The largest absolute Gasteiger partial charge is 0.396 e. The molecule has 20 heavy (non-hydrogen) atoms. The van der Waals surface area contributed by atoms with Gasteiger partial charge >= 0.3 is 6.03 Å². The molecule has 1 aromatic rings. The maximum absolute atomic E-state index is 11.7. The van der Waals surface area contributed by atoms with E-state index in [-0.39, 0.29) is 24.6 Å². The Labute approximate surface area is 119 Å². The summed E-state index contributed by atoms with van der Waals surface area (Å²) in [7, 11) is 0. The minimum Gasteiger partial charge on any atom is -0.396 e. The number of hydrogen-bond donors (Lipinski definition) is 3. The highest BCUT2D eigenvalue weighted by atomic mass is 16.3. The molecule has 0 saturated carbocycles. The van der Waals surface area contributed by atoms with Crippen molar-refractivity contribution in [3.8, 4) is 0 Å². The van der Waals surface area contributed by atoms with Gasteiger partial charge in [-0.1, -0.05) is 18.2 Å². The number of carbonyl (C=O) groups excluding carboxylic acids is 1. The maximum atomic E-state index is 11.7. The van der Waals surface area contributed by atoms with Crippen LogP contribution in [0.4, 0.5) is 4.79 Å². The number of aromatic nitrogens is 1. The van der Waals surface area contributed by atoms with Gasteiger partial charge in [0.15, 0.2) is 0 Å². The zero-order valence-corrected chi connectivity index (χ0v) is 11.5. The van der Waals surface area contributed by atoms with E-state index in [2.05, 4.69) is 27.8 Å². The molecule has 1 unspecified atom stereocenters. The monoisotopic (exact) mass is 275 g/mol. The summed E-state index contributed by atoms with van der Waals surface area (Å²) >= 11 is 0. The SMILES string of the molecule is O=C(NCC(CO)Cc1ccccn1)NC1CC=CC1. The maximum Gasteiger partial charge on any atom is 0.315 e. The normalized spacial score (nSPS) is 16.1. The molecular weight excluding hydrogens is 254 g/mol. The number of rotatable bonds is 6. The van der Waals surface area contributed by atoms with Gasteiger partial charge in [0.05, 0.1) is 0 Å². The van der Waals surface area contributed by atoms with Crippen LogP contribution in [0.1, 0.15) is 18.5 Å². The van der Waals surface area contributed by atoms with Crippen molar-refractivity contribution < 1.29 is 9.90 Å². The first kappa shape index (κ1) is 14.5. The molecule has 1 heterocycles. The predicted molar refractivity (Wildman–Crippen MR) is 77.2 cm³/mol. The lowest BCUT2D eigenvalue weighted by Gasteiger charge is -2.17. The standard InChI is InChI=1S/C15H21N3O2/c19-11-12(9-14-7-3-4-8-16-14)10-17-15(20)18-13-5-1-2-6-13/h1-4,7-8,12-13,19H,5-6,9-11H2,(H2,17,18,20). The summed E-state index contributed by atoms with van der Waals surface area (Å²) in [5.74, 6) is -0.0163. The van der Waals surface area contributed by atoms with Crippen LogP contribution in [0, 0.1) is 5.92 Å². The van der Waals surface area contributed by atoms with Crippen LogP contribution in [0.2, 0.25) is 0 Å². The average Bonchev–Trinajstić information content (AvgIpc) is 2.97. The van der Waals surface area contributed by atoms with E-state index in [0.717, 1.165) is 18.5 Å². The van der Waals surface area contributed by atoms with Gasteiger partial charge in [-0.05, 0) is 31.4 Å². The Balaban J connectivity index is 1.71. The molecule has 3 N–H and O–H groups in total. The van der Waals surface area contributed by atoms with Gasteiger partial charge < -0.3 is 15.7 Å². The molecule has 0 fully saturated rings. The van der Waals surface area contributed by atoms with Gasteiger partial charge in [-0.2, -0.15) is 0 Å². The predicted octanol–water partition coefficient (Wildman–Crippen LogP) is 1.25. The molecule has 1 aliphatic carbocycles. The summed E-state index contributed by atoms with van der Waals surface area (Å²) in [5.41, 5.74) is 0.925. The van der Waals surface area contributed by atoms with Crippen molar-refractivity contribution in [3.05, 3.63) is 42.2 Å². The van der Waals surface area contributed by atoms with E-state index in [1.165, 1.54) is 0 Å². The number of aliphatic hydroxyl groups excluding tert-OH is 1. The van der Waals surface area contributed by atoms with Crippen molar-refractivity contribution in [1.29, 1.82) is 0 Å². The van der Waals surface area contributed by atoms with Gasteiger partial charge in [0.1, 0.15) is 0 Å². The van der Waals surface area contributed by atoms with Crippen LogP contribution < -0.4 is 10.6 Å². The molecule has 0 aliphatic heterocycles. The molecule has 2 rings (SSSR count). The van der Waals surface area contributed by atoms with Crippen LogP contribution in [0.15, 0.2) is 36.5 Å². The van der Waals surface area contributed by atoms with Gasteiger partial charge in [0.25, 0.3) is 0 Å². The van der Waals surface area contributed by atoms with Crippen molar-refractivity contribution in [2.24, 2.45) is 5.92 Å². The van der Waals surface area contributed by atoms with Gasteiger partial charge in [-0.15, -0.1) is 0 Å². The Morgan fingerprint density at radius 2 is 2.20 bits per heavy atom. The Kier molecular flexibility index (Phi) is 5.55. The summed E-state index contributed by atoms with van der Waals surface area (Å²) in [4.78, 5) is 16.0. The van der Waals surface area contributed by atoms with E-state index in [9.17, 15) is 9.90 Å². The fraction of sp³-hybridized carbons (Fsp3) is 0.467. The van der Waals surface area contributed by atoms with E-state index < -0.39 is 0 Å². The Hall–Kier alpha value is -1.88. The third-order valence-electron chi connectivity index (χ3n) is 3.38. The number of amides is 2. The fourth-order valence-electron chi connectivity index (χ4n) is 2.22. The summed E-state index contributed by atoms with van der Waals surface area (Å²) in [6, 6.07) is 5.74. The van der Waals surface area contributed by atoms with Crippen molar-refractivity contribution in [1.82, 2.24) is 15.6 Å². The molecule has 0 aromatic carbocycles. The van der Waals surface area contributed by atoms with Crippen LogP contribution >= 0.6 is 0 Å². The first-order valence-corrected chi connectivity index (χ1v) is 6.98. The second kappa shape index (κ2) is 7.65. The molecule has 0 bridgehead atoms. The molecule has 0 radical (unpaired) electrons. The Morgan fingerprint density at radius 3 is 2.85 bits per heavy atom. The molecule has 1 atom stereocenters. The van der Waals surface area contributed by atoms with Crippen molar-refractivity contribution in [3.63, 3.8) is 0 Å². The molecule has 1 aliphatic rings. The minimum atomic E-state index is -0.168. The molecule has 0 spiro atoms. The van der Waals surface area contributed by atoms with Crippen molar-refractivity contribution >= 4 is 6.03 Å². The molecule has 5 heteroatoms. The van der Waals surface area contributed by atoms with Crippen LogP contribution in [-0.4, -0.2) is 35.3 Å². The number of pyridine rings is 1. The first-order chi connectivity index (χ1) is 9.78. The molecule has 1 aromatic heterocycles. The van der Waals surface area contributed by atoms with Gasteiger partial charge in [-0.3, -0.25) is 4.98 Å². The molecular formula is C15H21N3O2. The number of aliphatic hydroxyl groups is 1. The highest BCUT2D eigenvalue weighted by Crippen LogP contribution is 2.09. The highest BCUT2D eigenvalue weighted by Gasteiger charge is 2.15. The number of nitrogens with zero attached hydrogens (tertiary/aromatic N) is 1. The number of nitrogens with one attached hydrogen (secondary N) is 2.